The van der Waals surface area contributed by atoms with Gasteiger partial charge in [-0.15, -0.1) is 0 Å². The van der Waals surface area contributed by atoms with E-state index >= 15 is 0 Å². The van der Waals surface area contributed by atoms with Gasteiger partial charge in [-0.25, -0.2) is 11.0 Å². The topological polar surface area (TPSA) is 84.4 Å². The summed E-state index contributed by atoms with van der Waals surface area (Å²) in [7, 11) is 0. The van der Waals surface area contributed by atoms with E-state index in [1.807, 2.05) is 0 Å². The van der Waals surface area contributed by atoms with Crippen LogP contribution in [0.2, 0.25) is 0 Å². The number of nitrogens with zero attached hydrogens (tertiary/aromatic N) is 1. The van der Waals surface area contributed by atoms with Crippen molar-refractivity contribution in [3.05, 3.63) is 24.0 Å². The van der Waals surface area contributed by atoms with Crippen molar-refractivity contribution in [1.82, 2.24) is 10.5 Å². The van der Waals surface area contributed by atoms with Gasteiger partial charge in [0.15, 0.2) is 0 Å². The van der Waals surface area contributed by atoms with Crippen LogP contribution in [0.4, 0.5) is 0 Å². The Morgan fingerprint density at radius 1 is 1.70 bits per heavy atom. The van der Waals surface area contributed by atoms with E-state index in [9.17, 15) is 4.79 Å². The van der Waals surface area contributed by atoms with Crippen LogP contribution in [0.1, 0.15) is 0 Å². The molecule has 1 aliphatic heterocycles. The standard InChI is InChI=1S/C5H8N4O/c6-5(10)4-1-2-8-9(7)3-4/h1-3,8H,7H2,(H2,6,10). The van der Waals surface area contributed by atoms with Gasteiger partial charge in [0, 0.05) is 6.20 Å². The predicted octanol–water partition coefficient (Wildman–Crippen LogP) is -1.44. The number of carbonyl (C=O) groups is 1. The van der Waals surface area contributed by atoms with Crippen molar-refractivity contribution in [2.24, 2.45) is 11.6 Å². The lowest BCUT2D eigenvalue weighted by Gasteiger charge is -2.17. The van der Waals surface area contributed by atoms with Crippen LogP contribution in [-0.4, -0.2) is 11.0 Å². The predicted molar refractivity (Wildman–Crippen MR) is 35.6 cm³/mol. The fraction of sp³-hybridized carbons (Fsp3) is 0. The highest BCUT2D eigenvalue weighted by molar-refractivity contribution is 5.94. The van der Waals surface area contributed by atoms with Crippen LogP contribution in [0, 0.1) is 0 Å². The maximum atomic E-state index is 10.5. The fourth-order valence-corrected chi connectivity index (χ4v) is 0.589. The SMILES string of the molecule is NC(=O)C1=CN(N)NC=C1. The Hall–Kier alpha value is -1.49. The van der Waals surface area contributed by atoms with Crippen molar-refractivity contribution in [2.45, 2.75) is 0 Å². The highest BCUT2D eigenvalue weighted by atomic mass is 16.1. The van der Waals surface area contributed by atoms with Gasteiger partial charge in [-0.05, 0) is 6.08 Å². The van der Waals surface area contributed by atoms with E-state index in [0.29, 0.717) is 5.57 Å². The average Bonchev–Trinajstić information content (AvgIpc) is 1.88. The maximum Gasteiger partial charge on any atom is 0.250 e. The molecule has 5 N–H and O–H groups in total. The summed E-state index contributed by atoms with van der Waals surface area (Å²) in [4.78, 5) is 10.5. The lowest BCUT2D eigenvalue weighted by atomic mass is 10.2. The van der Waals surface area contributed by atoms with Crippen molar-refractivity contribution in [2.75, 3.05) is 0 Å². The van der Waals surface area contributed by atoms with E-state index in [2.05, 4.69) is 5.43 Å². The van der Waals surface area contributed by atoms with Crippen molar-refractivity contribution in [1.29, 1.82) is 0 Å². The molecule has 0 saturated heterocycles. The van der Waals surface area contributed by atoms with Crippen LogP contribution in [0.5, 0.6) is 0 Å². The minimum atomic E-state index is -0.492. The Balaban J connectivity index is 2.76. The number of amides is 1. The third kappa shape index (κ3) is 1.26. The maximum absolute atomic E-state index is 10.5. The summed E-state index contributed by atoms with van der Waals surface area (Å²) < 4.78 is 0. The summed E-state index contributed by atoms with van der Waals surface area (Å²) in [6.45, 7) is 0. The third-order valence-corrected chi connectivity index (χ3v) is 1.05. The first-order valence-electron chi connectivity index (χ1n) is 2.68. The molecule has 0 aliphatic carbocycles. The molecule has 0 saturated carbocycles. The second-order valence-corrected chi connectivity index (χ2v) is 1.82. The molecule has 0 radical (unpaired) electrons. The summed E-state index contributed by atoms with van der Waals surface area (Å²) in [6.07, 6.45) is 4.48. The minimum Gasteiger partial charge on any atom is -0.366 e. The van der Waals surface area contributed by atoms with E-state index in [0.717, 1.165) is 5.12 Å². The summed E-state index contributed by atoms with van der Waals surface area (Å²) in [6, 6.07) is 0. The van der Waals surface area contributed by atoms with Crippen LogP contribution < -0.4 is 17.0 Å². The third-order valence-electron chi connectivity index (χ3n) is 1.05. The lowest BCUT2D eigenvalue weighted by Crippen LogP contribution is -2.38. The molecule has 54 valence electrons. The van der Waals surface area contributed by atoms with E-state index in [1.54, 1.807) is 6.08 Å². The van der Waals surface area contributed by atoms with Gasteiger partial charge in [0.2, 0.25) is 5.91 Å². The molecule has 1 heterocycles. The Morgan fingerprint density at radius 2 is 2.40 bits per heavy atom. The number of primary amides is 1. The second kappa shape index (κ2) is 2.40. The number of hydrogen-bond acceptors (Lipinski definition) is 4. The monoisotopic (exact) mass is 140 g/mol. The molecule has 5 nitrogen and oxygen atoms in total. The van der Waals surface area contributed by atoms with E-state index < -0.39 is 5.91 Å². The van der Waals surface area contributed by atoms with E-state index in [4.69, 9.17) is 11.6 Å². The molecule has 10 heavy (non-hydrogen) atoms. The van der Waals surface area contributed by atoms with Gasteiger partial charge in [0.1, 0.15) is 0 Å². The molecule has 1 aliphatic rings. The highest BCUT2D eigenvalue weighted by Crippen LogP contribution is 1.98. The van der Waals surface area contributed by atoms with Gasteiger partial charge < -0.3 is 5.73 Å². The molecule has 0 unspecified atom stereocenters. The van der Waals surface area contributed by atoms with Crippen LogP contribution in [0.25, 0.3) is 0 Å². The molecule has 1 rings (SSSR count). The van der Waals surface area contributed by atoms with Gasteiger partial charge in [-0.1, -0.05) is 0 Å². The second-order valence-electron chi connectivity index (χ2n) is 1.82. The number of hydrazine groups is 2. The number of hydrogen-bond donors (Lipinski definition) is 3. The van der Waals surface area contributed by atoms with E-state index in [1.165, 1.54) is 12.4 Å². The van der Waals surface area contributed by atoms with Gasteiger partial charge in [0.05, 0.1) is 11.8 Å². The Bertz CT molecular complexity index is 208. The molecule has 5 heteroatoms. The van der Waals surface area contributed by atoms with Crippen LogP contribution in [-0.2, 0) is 4.79 Å². The minimum absolute atomic E-state index is 0.376. The average molecular weight is 140 g/mol. The number of nitrogens with one attached hydrogen (secondary N) is 1. The van der Waals surface area contributed by atoms with Gasteiger partial charge in [0.25, 0.3) is 0 Å². The zero-order chi connectivity index (χ0) is 7.56. The molecule has 0 aromatic rings. The van der Waals surface area contributed by atoms with Gasteiger partial charge in [-0.2, -0.15) is 0 Å². The lowest BCUT2D eigenvalue weighted by molar-refractivity contribution is -0.114. The fourth-order valence-electron chi connectivity index (χ4n) is 0.589. The largest absolute Gasteiger partial charge is 0.366 e. The quantitative estimate of drug-likeness (QED) is 0.389. The van der Waals surface area contributed by atoms with Crippen LogP contribution in [0.3, 0.4) is 0 Å². The first-order chi connectivity index (χ1) is 4.70. The molecule has 1 amide bonds. The first-order valence-corrected chi connectivity index (χ1v) is 2.68. The summed E-state index contributed by atoms with van der Waals surface area (Å²) in [5.41, 5.74) is 7.95. The van der Waals surface area contributed by atoms with Crippen molar-refractivity contribution in [3.63, 3.8) is 0 Å². The molecule has 0 spiro atoms. The van der Waals surface area contributed by atoms with Gasteiger partial charge >= 0.3 is 0 Å². The zero-order valence-electron chi connectivity index (χ0n) is 5.24. The Kier molecular flexibility index (Phi) is 1.59. The molecule has 0 fully saturated rings. The summed E-state index contributed by atoms with van der Waals surface area (Å²) in [5, 5.41) is 1.15. The van der Waals surface area contributed by atoms with Crippen LogP contribution in [0.15, 0.2) is 24.0 Å². The molecule has 0 atom stereocenters. The Labute approximate surface area is 57.9 Å². The van der Waals surface area contributed by atoms with Crippen molar-refractivity contribution >= 4 is 5.91 Å². The number of rotatable bonds is 1. The van der Waals surface area contributed by atoms with Crippen LogP contribution >= 0.6 is 0 Å². The first kappa shape index (κ1) is 6.63. The zero-order valence-corrected chi connectivity index (χ0v) is 5.24. The molecular formula is C5H8N4O. The van der Waals surface area contributed by atoms with Crippen molar-refractivity contribution < 1.29 is 4.79 Å². The number of nitrogens with two attached hydrogens (primary N) is 2. The Morgan fingerprint density at radius 3 is 2.80 bits per heavy atom. The molecule has 0 aromatic heterocycles. The van der Waals surface area contributed by atoms with E-state index in [-0.39, 0.29) is 0 Å². The highest BCUT2D eigenvalue weighted by Gasteiger charge is 2.04. The normalized spacial score (nSPS) is 16.1. The smallest absolute Gasteiger partial charge is 0.250 e. The molecule has 0 aromatic carbocycles. The molecule has 0 bridgehead atoms. The summed E-state index contributed by atoms with van der Waals surface area (Å²) >= 11 is 0. The molecular weight excluding hydrogens is 132 g/mol. The van der Waals surface area contributed by atoms with Crippen molar-refractivity contribution in [3.8, 4) is 0 Å². The van der Waals surface area contributed by atoms with Gasteiger partial charge in [-0.3, -0.25) is 10.2 Å². The number of carbonyl (C=O) groups excluding carboxylic acids is 1. The summed E-state index contributed by atoms with van der Waals surface area (Å²) in [5.74, 6) is 4.76.